The van der Waals surface area contributed by atoms with Crippen LogP contribution in [0.4, 0.5) is 0 Å². The molecule has 2 amide bonds. The summed E-state index contributed by atoms with van der Waals surface area (Å²) in [6.45, 7) is 2.59. The molecule has 1 unspecified atom stereocenters. The van der Waals surface area contributed by atoms with E-state index in [1.165, 1.54) is 0 Å². The maximum Gasteiger partial charge on any atom is 0.224 e. The number of nitrogens with zero attached hydrogens (tertiary/aromatic N) is 1. The van der Waals surface area contributed by atoms with Crippen molar-refractivity contribution < 1.29 is 9.59 Å². The van der Waals surface area contributed by atoms with E-state index in [4.69, 9.17) is 0 Å². The summed E-state index contributed by atoms with van der Waals surface area (Å²) in [7, 11) is 1.78. The van der Waals surface area contributed by atoms with Crippen LogP contribution in [0.2, 0.25) is 0 Å². The van der Waals surface area contributed by atoms with Crippen LogP contribution in [-0.4, -0.2) is 43.4 Å². The average molecular weight is 405 g/mol. The number of rotatable bonds is 6. The second-order valence-electron chi connectivity index (χ2n) is 5.57. The summed E-state index contributed by atoms with van der Waals surface area (Å²) in [5, 5.41) is 6.01. The fourth-order valence-electron chi connectivity index (χ4n) is 2.48. The van der Waals surface area contributed by atoms with E-state index in [-0.39, 0.29) is 30.1 Å². The number of hydrogen-bond acceptors (Lipinski definition) is 3. The molecule has 1 aromatic rings. The van der Waals surface area contributed by atoms with Gasteiger partial charge in [-0.3, -0.25) is 9.59 Å². The minimum Gasteiger partial charge on any atom is -0.355 e. The summed E-state index contributed by atoms with van der Waals surface area (Å²) in [5.74, 6) is 0.125. The molecule has 1 atom stereocenters. The zero-order valence-corrected chi connectivity index (χ0v) is 15.6. The lowest BCUT2D eigenvalue weighted by Crippen LogP contribution is -2.35. The van der Waals surface area contributed by atoms with E-state index in [0.29, 0.717) is 19.5 Å². The van der Waals surface area contributed by atoms with Gasteiger partial charge in [-0.25, -0.2) is 0 Å². The van der Waals surface area contributed by atoms with E-state index in [1.807, 2.05) is 24.3 Å². The third-order valence-corrected chi connectivity index (χ3v) is 4.63. The van der Waals surface area contributed by atoms with E-state index in [2.05, 4.69) is 26.6 Å². The van der Waals surface area contributed by atoms with Gasteiger partial charge in [-0.05, 0) is 24.6 Å². The first-order chi connectivity index (χ1) is 10.6. The van der Waals surface area contributed by atoms with Crippen molar-refractivity contribution in [3.63, 3.8) is 0 Å². The van der Waals surface area contributed by atoms with Crippen molar-refractivity contribution in [3.8, 4) is 0 Å². The first-order valence-electron chi connectivity index (χ1n) is 7.53. The molecular weight excluding hydrogens is 382 g/mol. The third-order valence-electron chi connectivity index (χ3n) is 3.86. The van der Waals surface area contributed by atoms with E-state index >= 15 is 0 Å². The predicted molar refractivity (Wildman–Crippen MR) is 96.5 cm³/mol. The molecule has 0 radical (unpaired) electrons. The van der Waals surface area contributed by atoms with Crippen molar-refractivity contribution in [2.24, 2.45) is 5.92 Å². The molecule has 7 heteroatoms. The molecule has 0 aromatic heterocycles. The molecule has 128 valence electrons. The van der Waals surface area contributed by atoms with Gasteiger partial charge in [0.25, 0.3) is 0 Å². The summed E-state index contributed by atoms with van der Waals surface area (Å²) >= 11 is 3.48. The number of amides is 2. The predicted octanol–water partition coefficient (Wildman–Crippen LogP) is 1.95. The van der Waals surface area contributed by atoms with Crippen molar-refractivity contribution in [1.82, 2.24) is 15.5 Å². The van der Waals surface area contributed by atoms with Crippen molar-refractivity contribution in [2.75, 3.05) is 26.7 Å². The standard InChI is InChI=1S/C16H22BrN3O2.ClH/c1-20(11-13-4-2-3-5-14(13)17)15(21)7-9-19-16(22)12-6-8-18-10-12;/h2-5,12,18H,6-11H2,1H3,(H,19,22);1H. The highest BCUT2D eigenvalue weighted by molar-refractivity contribution is 9.10. The van der Waals surface area contributed by atoms with Crippen LogP contribution in [0, 0.1) is 5.92 Å². The Hall–Kier alpha value is -1.11. The number of carbonyl (C=O) groups is 2. The maximum absolute atomic E-state index is 12.1. The number of carbonyl (C=O) groups excluding carboxylic acids is 2. The van der Waals surface area contributed by atoms with E-state index in [1.54, 1.807) is 11.9 Å². The SMILES string of the molecule is CN(Cc1ccccc1Br)C(=O)CCNC(=O)C1CCNC1.Cl. The van der Waals surface area contributed by atoms with E-state index in [9.17, 15) is 9.59 Å². The number of hydrogen-bond donors (Lipinski definition) is 2. The molecule has 2 N–H and O–H groups in total. The molecule has 1 aliphatic heterocycles. The summed E-state index contributed by atoms with van der Waals surface area (Å²) in [6.07, 6.45) is 1.20. The first kappa shape index (κ1) is 19.9. The molecular formula is C16H23BrClN3O2. The molecule has 0 aliphatic carbocycles. The lowest BCUT2D eigenvalue weighted by molar-refractivity contribution is -0.130. The summed E-state index contributed by atoms with van der Waals surface area (Å²) in [5.41, 5.74) is 1.07. The molecule has 1 heterocycles. The van der Waals surface area contributed by atoms with Gasteiger partial charge in [0, 0.05) is 37.6 Å². The van der Waals surface area contributed by atoms with E-state index < -0.39 is 0 Å². The zero-order chi connectivity index (χ0) is 15.9. The summed E-state index contributed by atoms with van der Waals surface area (Å²) < 4.78 is 0.997. The Labute approximate surface area is 151 Å². The van der Waals surface area contributed by atoms with E-state index in [0.717, 1.165) is 29.5 Å². The van der Waals surface area contributed by atoms with Crippen LogP contribution in [-0.2, 0) is 16.1 Å². The summed E-state index contributed by atoms with van der Waals surface area (Å²) in [4.78, 5) is 25.6. The number of nitrogens with one attached hydrogen (secondary N) is 2. The molecule has 0 saturated carbocycles. The van der Waals surface area contributed by atoms with Gasteiger partial charge in [-0.1, -0.05) is 34.1 Å². The maximum atomic E-state index is 12.1. The quantitative estimate of drug-likeness (QED) is 0.762. The largest absolute Gasteiger partial charge is 0.355 e. The topological polar surface area (TPSA) is 61.4 Å². The number of benzene rings is 1. The fourth-order valence-corrected chi connectivity index (χ4v) is 2.89. The van der Waals surface area contributed by atoms with Crippen LogP contribution in [0.3, 0.4) is 0 Å². The van der Waals surface area contributed by atoms with Gasteiger partial charge < -0.3 is 15.5 Å². The normalized spacial score (nSPS) is 16.5. The Balaban J connectivity index is 0.00000264. The zero-order valence-electron chi connectivity index (χ0n) is 13.2. The van der Waals surface area contributed by atoms with Crippen molar-refractivity contribution >= 4 is 40.2 Å². The smallest absolute Gasteiger partial charge is 0.224 e. The Bertz CT molecular complexity index is 536. The highest BCUT2D eigenvalue weighted by Crippen LogP contribution is 2.17. The van der Waals surface area contributed by atoms with Crippen LogP contribution in [0.5, 0.6) is 0 Å². The van der Waals surface area contributed by atoms with Gasteiger partial charge >= 0.3 is 0 Å². The molecule has 2 rings (SSSR count). The Morgan fingerprint density at radius 3 is 2.78 bits per heavy atom. The highest BCUT2D eigenvalue weighted by atomic mass is 79.9. The molecule has 1 aliphatic rings. The summed E-state index contributed by atoms with van der Waals surface area (Å²) in [6, 6.07) is 7.85. The lowest BCUT2D eigenvalue weighted by atomic mass is 10.1. The Morgan fingerprint density at radius 1 is 1.39 bits per heavy atom. The van der Waals surface area contributed by atoms with Gasteiger partial charge in [-0.2, -0.15) is 0 Å². The second-order valence-corrected chi connectivity index (χ2v) is 6.43. The molecule has 1 fully saturated rings. The highest BCUT2D eigenvalue weighted by Gasteiger charge is 2.22. The molecule has 0 bridgehead atoms. The van der Waals surface area contributed by atoms with Crippen molar-refractivity contribution in [2.45, 2.75) is 19.4 Å². The third kappa shape index (κ3) is 6.12. The van der Waals surface area contributed by atoms with Crippen LogP contribution < -0.4 is 10.6 Å². The fraction of sp³-hybridized carbons (Fsp3) is 0.500. The molecule has 23 heavy (non-hydrogen) atoms. The van der Waals surface area contributed by atoms with Gasteiger partial charge in [0.15, 0.2) is 0 Å². The molecule has 1 aromatic carbocycles. The van der Waals surface area contributed by atoms with Crippen LogP contribution in [0.25, 0.3) is 0 Å². The minimum absolute atomic E-state index is 0. The van der Waals surface area contributed by atoms with Crippen LogP contribution >= 0.6 is 28.3 Å². The van der Waals surface area contributed by atoms with Gasteiger partial charge in [0.05, 0.1) is 5.92 Å². The van der Waals surface area contributed by atoms with Crippen LogP contribution in [0.15, 0.2) is 28.7 Å². The van der Waals surface area contributed by atoms with Crippen LogP contribution in [0.1, 0.15) is 18.4 Å². The number of halogens is 2. The molecule has 5 nitrogen and oxygen atoms in total. The Morgan fingerprint density at radius 2 is 2.13 bits per heavy atom. The monoisotopic (exact) mass is 403 g/mol. The van der Waals surface area contributed by atoms with Gasteiger partial charge in [0.2, 0.25) is 11.8 Å². The molecule has 0 spiro atoms. The van der Waals surface area contributed by atoms with Crippen molar-refractivity contribution in [1.29, 1.82) is 0 Å². The Kier molecular flexibility index (Phi) is 8.58. The molecule has 1 saturated heterocycles. The average Bonchev–Trinajstić information content (AvgIpc) is 3.03. The minimum atomic E-state index is 0. The lowest BCUT2D eigenvalue weighted by Gasteiger charge is -2.18. The first-order valence-corrected chi connectivity index (χ1v) is 8.33. The van der Waals surface area contributed by atoms with Gasteiger partial charge in [-0.15, -0.1) is 12.4 Å². The second kappa shape index (κ2) is 9.90. The van der Waals surface area contributed by atoms with Crippen molar-refractivity contribution in [3.05, 3.63) is 34.3 Å². The van der Waals surface area contributed by atoms with Gasteiger partial charge in [0.1, 0.15) is 0 Å².